The maximum atomic E-state index is 12.8. The zero-order chi connectivity index (χ0) is 18.1. The number of anilines is 1. The summed E-state index contributed by atoms with van der Waals surface area (Å²) in [5, 5.41) is 8.37. The molecule has 0 spiro atoms. The van der Waals surface area contributed by atoms with Crippen LogP contribution in [0.4, 0.5) is 5.82 Å². The van der Waals surface area contributed by atoms with Crippen molar-refractivity contribution < 1.29 is 9.59 Å². The first-order valence-corrected chi connectivity index (χ1v) is 9.74. The second-order valence-corrected chi connectivity index (χ2v) is 7.72. The van der Waals surface area contributed by atoms with Crippen LogP contribution >= 0.6 is 0 Å². The molecule has 0 unspecified atom stereocenters. The summed E-state index contributed by atoms with van der Waals surface area (Å²) in [6, 6.07) is 3.97. The molecular weight excluding hydrogens is 330 g/mol. The smallest absolute Gasteiger partial charge is 0.225 e. The Morgan fingerprint density at radius 3 is 1.81 bits per heavy atom. The van der Waals surface area contributed by atoms with Gasteiger partial charge in [0.1, 0.15) is 0 Å². The van der Waals surface area contributed by atoms with Crippen LogP contribution in [0.2, 0.25) is 0 Å². The molecule has 0 bridgehead atoms. The van der Waals surface area contributed by atoms with Crippen LogP contribution < -0.4 is 4.90 Å². The Labute approximate surface area is 154 Å². The number of hydrogen-bond acceptors (Lipinski definition) is 5. The average Bonchev–Trinajstić information content (AvgIpc) is 3.53. The third kappa shape index (κ3) is 3.66. The molecule has 1 aliphatic carbocycles. The summed E-state index contributed by atoms with van der Waals surface area (Å²) in [4.78, 5) is 31.1. The summed E-state index contributed by atoms with van der Waals surface area (Å²) in [5.41, 5.74) is 0.915. The lowest BCUT2D eigenvalue weighted by Gasteiger charge is -2.38. The van der Waals surface area contributed by atoms with E-state index in [-0.39, 0.29) is 17.7 Å². The third-order valence-corrected chi connectivity index (χ3v) is 5.78. The molecule has 0 radical (unpaired) electrons. The molecule has 0 aromatic carbocycles. The number of nitrogens with zero attached hydrogens (tertiary/aromatic N) is 5. The number of rotatable bonds is 3. The number of aryl methyl sites for hydroxylation is 1. The van der Waals surface area contributed by atoms with Gasteiger partial charge in [-0.2, -0.15) is 5.10 Å². The van der Waals surface area contributed by atoms with E-state index in [0.29, 0.717) is 32.1 Å². The number of carbonyl (C=O) groups excluding carboxylic acids is 2. The van der Waals surface area contributed by atoms with Gasteiger partial charge in [0.05, 0.1) is 5.69 Å². The van der Waals surface area contributed by atoms with Crippen LogP contribution in [0.15, 0.2) is 12.1 Å². The van der Waals surface area contributed by atoms with Gasteiger partial charge in [0.2, 0.25) is 11.8 Å². The zero-order valence-corrected chi connectivity index (χ0v) is 15.4. The fourth-order valence-corrected chi connectivity index (χ4v) is 3.91. The molecule has 140 valence electrons. The largest absolute Gasteiger partial charge is 0.355 e. The van der Waals surface area contributed by atoms with Crippen LogP contribution in [0, 0.1) is 18.8 Å². The SMILES string of the molecule is Cc1ccc(N2CCC(C(=O)N3CCN(C(=O)C4CC4)CC3)CC2)nn1. The van der Waals surface area contributed by atoms with Crippen molar-refractivity contribution in [3.63, 3.8) is 0 Å². The summed E-state index contributed by atoms with van der Waals surface area (Å²) in [6.07, 6.45) is 3.80. The van der Waals surface area contributed by atoms with Crippen LogP contribution in [-0.2, 0) is 9.59 Å². The van der Waals surface area contributed by atoms with E-state index in [4.69, 9.17) is 0 Å². The second kappa shape index (κ2) is 7.21. The molecule has 3 fully saturated rings. The van der Waals surface area contributed by atoms with Gasteiger partial charge in [0.25, 0.3) is 0 Å². The Morgan fingerprint density at radius 2 is 1.35 bits per heavy atom. The maximum absolute atomic E-state index is 12.8. The molecule has 1 aromatic heterocycles. The van der Waals surface area contributed by atoms with E-state index in [0.717, 1.165) is 50.3 Å². The summed E-state index contributed by atoms with van der Waals surface area (Å²) < 4.78 is 0. The molecule has 2 saturated heterocycles. The van der Waals surface area contributed by atoms with Gasteiger partial charge in [-0.15, -0.1) is 5.10 Å². The van der Waals surface area contributed by atoms with Gasteiger partial charge in [-0.25, -0.2) is 0 Å². The van der Waals surface area contributed by atoms with Crippen LogP contribution in [0.3, 0.4) is 0 Å². The minimum atomic E-state index is 0.0929. The second-order valence-electron chi connectivity index (χ2n) is 7.72. The minimum Gasteiger partial charge on any atom is -0.355 e. The van der Waals surface area contributed by atoms with Crippen molar-refractivity contribution >= 4 is 17.6 Å². The zero-order valence-electron chi connectivity index (χ0n) is 15.4. The molecule has 0 N–H and O–H groups in total. The van der Waals surface area contributed by atoms with Crippen LogP contribution in [0.5, 0.6) is 0 Å². The highest BCUT2D eigenvalue weighted by atomic mass is 16.2. The van der Waals surface area contributed by atoms with Gasteiger partial charge in [-0.3, -0.25) is 9.59 Å². The predicted octanol–water partition coefficient (Wildman–Crippen LogP) is 1.08. The topological polar surface area (TPSA) is 69.6 Å². The van der Waals surface area contributed by atoms with Crippen molar-refractivity contribution in [2.45, 2.75) is 32.6 Å². The van der Waals surface area contributed by atoms with Crippen LogP contribution in [-0.4, -0.2) is 71.1 Å². The number of aromatic nitrogens is 2. The monoisotopic (exact) mass is 357 g/mol. The first-order valence-electron chi connectivity index (χ1n) is 9.74. The standard InChI is InChI=1S/C19H27N5O2/c1-14-2-5-17(21-20-14)22-8-6-16(7-9-22)19(26)24-12-10-23(11-13-24)18(25)15-3-4-15/h2,5,15-16H,3-4,6-13H2,1H3. The van der Waals surface area contributed by atoms with Crippen LogP contribution in [0.1, 0.15) is 31.4 Å². The van der Waals surface area contributed by atoms with E-state index < -0.39 is 0 Å². The van der Waals surface area contributed by atoms with Crippen molar-refractivity contribution in [2.75, 3.05) is 44.2 Å². The van der Waals surface area contributed by atoms with Crippen molar-refractivity contribution in [1.82, 2.24) is 20.0 Å². The first kappa shape index (κ1) is 17.2. The molecule has 3 heterocycles. The van der Waals surface area contributed by atoms with Crippen molar-refractivity contribution in [3.05, 3.63) is 17.8 Å². The van der Waals surface area contributed by atoms with Gasteiger partial charge in [0, 0.05) is 51.1 Å². The van der Waals surface area contributed by atoms with E-state index in [2.05, 4.69) is 15.1 Å². The molecule has 2 amide bonds. The summed E-state index contributed by atoms with van der Waals surface area (Å²) in [7, 11) is 0. The lowest BCUT2D eigenvalue weighted by molar-refractivity contribution is -0.143. The van der Waals surface area contributed by atoms with Gasteiger partial charge < -0.3 is 14.7 Å². The van der Waals surface area contributed by atoms with Crippen molar-refractivity contribution in [2.24, 2.45) is 11.8 Å². The van der Waals surface area contributed by atoms with E-state index in [1.807, 2.05) is 28.9 Å². The van der Waals surface area contributed by atoms with Gasteiger partial charge in [-0.1, -0.05) is 0 Å². The lowest BCUT2D eigenvalue weighted by atomic mass is 9.95. The van der Waals surface area contributed by atoms with Crippen molar-refractivity contribution in [3.8, 4) is 0 Å². The highest BCUT2D eigenvalue weighted by Gasteiger charge is 2.36. The van der Waals surface area contributed by atoms with E-state index in [9.17, 15) is 9.59 Å². The van der Waals surface area contributed by atoms with E-state index >= 15 is 0 Å². The molecule has 4 rings (SSSR count). The number of piperazine rings is 1. The number of hydrogen-bond donors (Lipinski definition) is 0. The quantitative estimate of drug-likeness (QED) is 0.810. The number of amides is 2. The number of carbonyl (C=O) groups is 2. The predicted molar refractivity (Wildman–Crippen MR) is 97.6 cm³/mol. The summed E-state index contributed by atoms with van der Waals surface area (Å²) >= 11 is 0. The molecular formula is C19H27N5O2. The molecule has 0 atom stereocenters. The highest BCUT2D eigenvalue weighted by Crippen LogP contribution is 2.31. The molecule has 3 aliphatic rings. The molecule has 7 nitrogen and oxygen atoms in total. The lowest BCUT2D eigenvalue weighted by Crippen LogP contribution is -2.53. The molecule has 26 heavy (non-hydrogen) atoms. The fourth-order valence-electron chi connectivity index (χ4n) is 3.91. The van der Waals surface area contributed by atoms with Gasteiger partial charge in [0.15, 0.2) is 5.82 Å². The normalized spacial score (nSPS) is 21.8. The summed E-state index contributed by atoms with van der Waals surface area (Å²) in [5.74, 6) is 1.82. The molecule has 7 heteroatoms. The maximum Gasteiger partial charge on any atom is 0.225 e. The van der Waals surface area contributed by atoms with Crippen LogP contribution in [0.25, 0.3) is 0 Å². The third-order valence-electron chi connectivity index (χ3n) is 5.78. The highest BCUT2D eigenvalue weighted by molar-refractivity contribution is 5.82. The fraction of sp³-hybridized carbons (Fsp3) is 0.684. The average molecular weight is 357 g/mol. The Balaban J connectivity index is 1.26. The first-order chi connectivity index (χ1) is 12.6. The summed E-state index contributed by atoms with van der Waals surface area (Å²) in [6.45, 7) is 6.36. The Kier molecular flexibility index (Phi) is 4.78. The van der Waals surface area contributed by atoms with Crippen molar-refractivity contribution in [1.29, 1.82) is 0 Å². The number of piperidine rings is 1. The Morgan fingerprint density at radius 1 is 0.808 bits per heavy atom. The minimum absolute atomic E-state index is 0.0929. The molecule has 2 aliphatic heterocycles. The molecule has 1 saturated carbocycles. The molecule has 1 aromatic rings. The van der Waals surface area contributed by atoms with Gasteiger partial charge >= 0.3 is 0 Å². The van der Waals surface area contributed by atoms with Gasteiger partial charge in [-0.05, 0) is 44.7 Å². The Hall–Kier alpha value is -2.18. The van der Waals surface area contributed by atoms with E-state index in [1.54, 1.807) is 0 Å². The van der Waals surface area contributed by atoms with E-state index in [1.165, 1.54) is 0 Å². The Bertz CT molecular complexity index is 657.